The molecule has 0 radical (unpaired) electrons. The first-order chi connectivity index (χ1) is 12.4. The molecule has 2 aromatic rings. The van der Waals surface area contributed by atoms with Crippen LogP contribution in [0.3, 0.4) is 0 Å². The molecule has 0 unspecified atom stereocenters. The molecule has 3 rings (SSSR count). The first-order valence-electron chi connectivity index (χ1n) is 8.14. The number of hydrogen-bond acceptors (Lipinski definition) is 4. The van der Waals surface area contributed by atoms with Crippen LogP contribution in [0.4, 0.5) is 5.69 Å². The lowest BCUT2D eigenvalue weighted by Crippen LogP contribution is -2.31. The number of carbonyl (C=O) groups is 2. The summed E-state index contributed by atoms with van der Waals surface area (Å²) in [5.41, 5.74) is 3.73. The second kappa shape index (κ2) is 7.78. The number of rotatable bonds is 5. The fourth-order valence-electron chi connectivity index (χ4n) is 2.97. The van der Waals surface area contributed by atoms with E-state index in [1.54, 1.807) is 18.2 Å². The van der Waals surface area contributed by atoms with Crippen molar-refractivity contribution >= 4 is 50.8 Å². The van der Waals surface area contributed by atoms with Gasteiger partial charge in [-0.2, -0.15) is 0 Å². The number of halogens is 1. The van der Waals surface area contributed by atoms with E-state index in [2.05, 4.69) is 15.9 Å². The van der Waals surface area contributed by atoms with Crippen LogP contribution in [0.2, 0.25) is 0 Å². The zero-order chi connectivity index (χ0) is 18.8. The van der Waals surface area contributed by atoms with Crippen molar-refractivity contribution in [3.63, 3.8) is 0 Å². The minimum Gasteiger partial charge on any atom is -0.396 e. The fraction of sp³-hybridized carbons (Fsp3) is 0.200. The van der Waals surface area contributed by atoms with E-state index >= 15 is 0 Å². The number of hydrogen-bond donors (Lipinski definition) is 1. The van der Waals surface area contributed by atoms with Crippen molar-refractivity contribution in [3.8, 4) is 0 Å². The van der Waals surface area contributed by atoms with E-state index in [1.165, 1.54) is 16.7 Å². The zero-order valence-electron chi connectivity index (χ0n) is 14.5. The predicted molar refractivity (Wildman–Crippen MR) is 109 cm³/mol. The molecule has 4 nitrogen and oxygen atoms in total. The summed E-state index contributed by atoms with van der Waals surface area (Å²) in [7, 11) is 0. The number of anilines is 1. The molecule has 1 aliphatic heterocycles. The maximum atomic E-state index is 13.2. The highest BCUT2D eigenvalue weighted by molar-refractivity contribution is 9.10. The van der Waals surface area contributed by atoms with Crippen LogP contribution < -0.4 is 4.90 Å². The standard InChI is InChI=1S/C20H18BrNO3S/c1-12-6-7-16(13(2)10-12)17-18(26-9-8-23)20(25)22(19(17)24)15-5-3-4-14(21)11-15/h3-7,10-11,23H,8-9H2,1-2H3. The van der Waals surface area contributed by atoms with Gasteiger partial charge in [-0.05, 0) is 43.2 Å². The van der Waals surface area contributed by atoms with E-state index in [4.69, 9.17) is 0 Å². The summed E-state index contributed by atoms with van der Waals surface area (Å²) in [4.78, 5) is 27.8. The number of nitrogens with zero attached hydrogens (tertiary/aromatic N) is 1. The van der Waals surface area contributed by atoms with Gasteiger partial charge in [0.25, 0.3) is 11.8 Å². The van der Waals surface area contributed by atoms with E-state index in [0.29, 0.717) is 21.9 Å². The summed E-state index contributed by atoms with van der Waals surface area (Å²) in [6, 6.07) is 12.9. The van der Waals surface area contributed by atoms with Crippen LogP contribution in [0.15, 0.2) is 51.8 Å². The van der Waals surface area contributed by atoms with E-state index in [1.807, 2.05) is 38.1 Å². The molecule has 0 aromatic heterocycles. The molecule has 26 heavy (non-hydrogen) atoms. The first kappa shape index (κ1) is 18.9. The van der Waals surface area contributed by atoms with E-state index in [-0.39, 0.29) is 18.4 Å². The smallest absolute Gasteiger partial charge is 0.272 e. The third-order valence-corrected chi connectivity index (χ3v) is 5.64. The van der Waals surface area contributed by atoms with Crippen molar-refractivity contribution < 1.29 is 14.7 Å². The minimum atomic E-state index is -0.346. The van der Waals surface area contributed by atoms with Gasteiger partial charge >= 0.3 is 0 Å². The molecule has 1 N–H and O–H groups in total. The second-order valence-electron chi connectivity index (χ2n) is 6.02. The lowest BCUT2D eigenvalue weighted by atomic mass is 9.99. The summed E-state index contributed by atoms with van der Waals surface area (Å²) in [5.74, 6) is -0.322. The van der Waals surface area contributed by atoms with Crippen molar-refractivity contribution in [1.82, 2.24) is 0 Å². The molecule has 6 heteroatoms. The third-order valence-electron chi connectivity index (χ3n) is 4.10. The molecule has 1 heterocycles. The summed E-state index contributed by atoms with van der Waals surface area (Å²) in [6.07, 6.45) is 0. The SMILES string of the molecule is Cc1ccc(C2=C(SCCO)C(=O)N(c3cccc(Br)c3)C2=O)c(C)c1. The van der Waals surface area contributed by atoms with Gasteiger partial charge in [0.05, 0.1) is 22.8 Å². The van der Waals surface area contributed by atoms with Crippen LogP contribution in [0.1, 0.15) is 16.7 Å². The Balaban J connectivity index is 2.12. The van der Waals surface area contributed by atoms with Gasteiger partial charge in [0.15, 0.2) is 0 Å². The van der Waals surface area contributed by atoms with E-state index < -0.39 is 0 Å². The lowest BCUT2D eigenvalue weighted by Gasteiger charge is -2.16. The van der Waals surface area contributed by atoms with Crippen LogP contribution in [-0.4, -0.2) is 29.3 Å². The van der Waals surface area contributed by atoms with Gasteiger partial charge in [-0.25, -0.2) is 4.90 Å². The monoisotopic (exact) mass is 431 g/mol. The summed E-state index contributed by atoms with van der Waals surface area (Å²) >= 11 is 4.60. The highest BCUT2D eigenvalue weighted by atomic mass is 79.9. The van der Waals surface area contributed by atoms with Crippen molar-refractivity contribution in [2.75, 3.05) is 17.3 Å². The van der Waals surface area contributed by atoms with Gasteiger partial charge in [0.2, 0.25) is 0 Å². The molecule has 134 valence electrons. The Kier molecular flexibility index (Phi) is 5.65. The number of aryl methyl sites for hydroxylation is 2. The van der Waals surface area contributed by atoms with Gasteiger partial charge in [-0.15, -0.1) is 11.8 Å². The Hall–Kier alpha value is -1.89. The quantitative estimate of drug-likeness (QED) is 0.724. The molecule has 2 amide bonds. The maximum absolute atomic E-state index is 13.2. The Bertz CT molecular complexity index is 923. The summed E-state index contributed by atoms with van der Waals surface area (Å²) in [6.45, 7) is 3.86. The number of carbonyl (C=O) groups excluding carboxylic acids is 2. The number of aliphatic hydroxyl groups excluding tert-OH is 1. The highest BCUT2D eigenvalue weighted by Gasteiger charge is 2.40. The average Bonchev–Trinajstić information content (AvgIpc) is 2.83. The molecule has 0 fully saturated rings. The Morgan fingerprint density at radius 1 is 1.08 bits per heavy atom. The third kappa shape index (κ3) is 3.49. The van der Waals surface area contributed by atoms with Gasteiger partial charge in [-0.1, -0.05) is 45.8 Å². The average molecular weight is 432 g/mol. The molecular weight excluding hydrogens is 414 g/mol. The first-order valence-corrected chi connectivity index (χ1v) is 9.92. The topological polar surface area (TPSA) is 57.6 Å². The zero-order valence-corrected chi connectivity index (χ0v) is 16.9. The number of imide groups is 1. The van der Waals surface area contributed by atoms with Crippen LogP contribution in [0.5, 0.6) is 0 Å². The maximum Gasteiger partial charge on any atom is 0.272 e. The van der Waals surface area contributed by atoms with Crippen molar-refractivity contribution in [3.05, 3.63) is 68.5 Å². The highest BCUT2D eigenvalue weighted by Crippen LogP contribution is 2.39. The molecule has 0 aliphatic carbocycles. The van der Waals surface area contributed by atoms with Crippen LogP contribution in [0.25, 0.3) is 5.57 Å². The number of thioether (sulfide) groups is 1. The summed E-state index contributed by atoms with van der Waals surface area (Å²) < 4.78 is 0.792. The van der Waals surface area contributed by atoms with Gasteiger partial charge in [0.1, 0.15) is 0 Å². The van der Waals surface area contributed by atoms with Crippen LogP contribution in [0, 0.1) is 13.8 Å². The fourth-order valence-corrected chi connectivity index (χ4v) is 4.21. The van der Waals surface area contributed by atoms with Gasteiger partial charge in [0, 0.05) is 10.2 Å². The molecule has 0 saturated carbocycles. The predicted octanol–water partition coefficient (Wildman–Crippen LogP) is 4.08. The molecule has 0 saturated heterocycles. The van der Waals surface area contributed by atoms with Crippen molar-refractivity contribution in [2.45, 2.75) is 13.8 Å². The lowest BCUT2D eigenvalue weighted by molar-refractivity contribution is -0.119. The van der Waals surface area contributed by atoms with E-state index in [9.17, 15) is 14.7 Å². The molecule has 1 aliphatic rings. The Morgan fingerprint density at radius 2 is 1.85 bits per heavy atom. The largest absolute Gasteiger partial charge is 0.396 e. The van der Waals surface area contributed by atoms with Gasteiger partial charge < -0.3 is 5.11 Å². The number of benzene rings is 2. The molecule has 0 spiro atoms. The molecule has 2 aromatic carbocycles. The van der Waals surface area contributed by atoms with E-state index in [0.717, 1.165) is 21.2 Å². The Labute approximate surface area is 165 Å². The molecular formula is C20H18BrNO3S. The van der Waals surface area contributed by atoms with Crippen molar-refractivity contribution in [1.29, 1.82) is 0 Å². The molecule has 0 atom stereocenters. The normalized spacial score (nSPS) is 14.5. The van der Waals surface area contributed by atoms with Crippen molar-refractivity contribution in [2.24, 2.45) is 0 Å². The minimum absolute atomic E-state index is 0.0628. The number of amides is 2. The second-order valence-corrected chi connectivity index (χ2v) is 8.04. The van der Waals surface area contributed by atoms with Crippen LogP contribution >= 0.6 is 27.7 Å². The Morgan fingerprint density at radius 3 is 2.50 bits per heavy atom. The summed E-state index contributed by atoms with van der Waals surface area (Å²) in [5, 5.41) is 9.19. The van der Waals surface area contributed by atoms with Gasteiger partial charge in [-0.3, -0.25) is 9.59 Å². The number of aliphatic hydroxyl groups is 1. The molecule has 0 bridgehead atoms. The van der Waals surface area contributed by atoms with Crippen LogP contribution in [-0.2, 0) is 9.59 Å².